The summed E-state index contributed by atoms with van der Waals surface area (Å²) in [6.07, 6.45) is 0. The van der Waals surface area contributed by atoms with E-state index in [4.69, 9.17) is 21.1 Å². The average molecular weight is 473 g/mol. The third-order valence-electron chi connectivity index (χ3n) is 5.95. The molecule has 0 radical (unpaired) electrons. The van der Waals surface area contributed by atoms with Gasteiger partial charge in [0.1, 0.15) is 17.3 Å². The number of nitrogens with zero attached hydrogens (tertiary/aromatic N) is 2. The fourth-order valence-corrected chi connectivity index (χ4v) is 4.29. The minimum absolute atomic E-state index is 0.0425. The maximum Gasteiger partial charge on any atom is 0.295 e. The lowest BCUT2D eigenvalue weighted by molar-refractivity contribution is -0.140. The highest BCUT2D eigenvalue weighted by Gasteiger charge is 2.46. The summed E-state index contributed by atoms with van der Waals surface area (Å²) in [5, 5.41) is 22.0. The van der Waals surface area contributed by atoms with Crippen molar-refractivity contribution in [1.29, 1.82) is 0 Å². The normalized spacial score (nSPS) is 20.9. The van der Waals surface area contributed by atoms with Gasteiger partial charge in [0, 0.05) is 37.3 Å². The van der Waals surface area contributed by atoms with Gasteiger partial charge in [-0.05, 0) is 29.8 Å². The number of methoxy groups -OCH3 is 1. The average Bonchev–Trinajstić information content (AvgIpc) is 3.08. The van der Waals surface area contributed by atoms with Gasteiger partial charge in [0.25, 0.3) is 11.7 Å². The number of carbonyl (C=O) groups is 2. The smallest absolute Gasteiger partial charge is 0.295 e. The van der Waals surface area contributed by atoms with E-state index < -0.39 is 23.5 Å². The molecule has 174 valence electrons. The number of benzene rings is 2. The largest absolute Gasteiger partial charge is 0.507 e. The predicted molar refractivity (Wildman–Crippen MR) is 122 cm³/mol. The summed E-state index contributed by atoms with van der Waals surface area (Å²) >= 11 is 6.05. The molecule has 8 nitrogen and oxygen atoms in total. The van der Waals surface area contributed by atoms with Gasteiger partial charge in [-0.2, -0.15) is 0 Å². The zero-order valence-corrected chi connectivity index (χ0v) is 18.9. The van der Waals surface area contributed by atoms with Crippen LogP contribution < -0.4 is 4.74 Å². The second-order valence-corrected chi connectivity index (χ2v) is 8.32. The Morgan fingerprint density at radius 3 is 2.45 bits per heavy atom. The van der Waals surface area contributed by atoms with Gasteiger partial charge >= 0.3 is 0 Å². The molecule has 2 aromatic rings. The number of phenols is 1. The van der Waals surface area contributed by atoms with Crippen molar-refractivity contribution in [3.63, 3.8) is 0 Å². The van der Waals surface area contributed by atoms with E-state index >= 15 is 0 Å². The Balaban J connectivity index is 1.75. The lowest BCUT2D eigenvalue weighted by Crippen LogP contribution is -2.42. The number of ether oxygens (including phenoxy) is 2. The SMILES string of the molecule is COc1ccc(/C(O)=C2\C(=O)C(=O)N(CCN3CCOCC3)C2c2ccc(Cl)cc2)c(O)c1. The minimum atomic E-state index is -0.815. The van der Waals surface area contributed by atoms with Gasteiger partial charge in [0.2, 0.25) is 0 Å². The third-order valence-corrected chi connectivity index (χ3v) is 6.20. The Hall–Kier alpha value is -3.07. The molecule has 2 fully saturated rings. The van der Waals surface area contributed by atoms with Gasteiger partial charge in [-0.3, -0.25) is 14.5 Å². The summed E-state index contributed by atoms with van der Waals surface area (Å²) in [4.78, 5) is 29.8. The molecule has 2 heterocycles. The monoisotopic (exact) mass is 472 g/mol. The van der Waals surface area contributed by atoms with E-state index in [0.717, 1.165) is 13.1 Å². The van der Waals surface area contributed by atoms with Crippen molar-refractivity contribution in [3.8, 4) is 11.5 Å². The first-order valence-electron chi connectivity index (χ1n) is 10.6. The van der Waals surface area contributed by atoms with Crippen LogP contribution in [-0.4, -0.2) is 78.2 Å². The highest BCUT2D eigenvalue weighted by Crippen LogP contribution is 2.41. The fourth-order valence-electron chi connectivity index (χ4n) is 4.16. The maximum absolute atomic E-state index is 13.1. The van der Waals surface area contributed by atoms with Crippen LogP contribution in [0.15, 0.2) is 48.0 Å². The van der Waals surface area contributed by atoms with E-state index in [9.17, 15) is 19.8 Å². The highest BCUT2D eigenvalue weighted by atomic mass is 35.5. The molecule has 0 saturated carbocycles. The van der Waals surface area contributed by atoms with Crippen molar-refractivity contribution in [2.24, 2.45) is 0 Å². The molecule has 2 N–H and O–H groups in total. The second-order valence-electron chi connectivity index (χ2n) is 7.88. The minimum Gasteiger partial charge on any atom is -0.507 e. The maximum atomic E-state index is 13.1. The van der Waals surface area contributed by atoms with Crippen LogP contribution >= 0.6 is 11.6 Å². The van der Waals surface area contributed by atoms with Crippen LogP contribution in [0.5, 0.6) is 11.5 Å². The molecular weight excluding hydrogens is 448 g/mol. The topological polar surface area (TPSA) is 99.5 Å². The van der Waals surface area contributed by atoms with E-state index in [0.29, 0.717) is 42.6 Å². The number of halogens is 1. The number of hydrogen-bond acceptors (Lipinski definition) is 7. The number of likely N-dealkylation sites (tertiary alicyclic amines) is 1. The fraction of sp³-hybridized carbons (Fsp3) is 0.333. The van der Waals surface area contributed by atoms with Gasteiger partial charge in [-0.1, -0.05) is 23.7 Å². The van der Waals surface area contributed by atoms with Gasteiger partial charge in [0.05, 0.1) is 37.5 Å². The number of aromatic hydroxyl groups is 1. The molecule has 2 saturated heterocycles. The molecule has 9 heteroatoms. The number of aliphatic hydroxyl groups excluding tert-OH is 1. The van der Waals surface area contributed by atoms with Crippen molar-refractivity contribution in [1.82, 2.24) is 9.80 Å². The number of carbonyl (C=O) groups excluding carboxylic acids is 2. The number of rotatable bonds is 6. The molecule has 1 amide bonds. The van der Waals surface area contributed by atoms with Crippen molar-refractivity contribution in [2.45, 2.75) is 6.04 Å². The number of amides is 1. The van der Waals surface area contributed by atoms with Crippen molar-refractivity contribution in [3.05, 3.63) is 64.2 Å². The Labute approximate surface area is 196 Å². The van der Waals surface area contributed by atoms with E-state index in [1.165, 1.54) is 24.1 Å². The first kappa shape index (κ1) is 23.1. The number of morpholine rings is 1. The molecular formula is C24H25ClN2O6. The van der Waals surface area contributed by atoms with Crippen LogP contribution in [0.25, 0.3) is 5.76 Å². The van der Waals surface area contributed by atoms with Gasteiger partial charge in [0.15, 0.2) is 0 Å². The van der Waals surface area contributed by atoms with Gasteiger partial charge < -0.3 is 24.6 Å². The highest BCUT2D eigenvalue weighted by molar-refractivity contribution is 6.46. The summed E-state index contributed by atoms with van der Waals surface area (Å²) in [6, 6.07) is 10.3. The van der Waals surface area contributed by atoms with Crippen LogP contribution in [0.3, 0.4) is 0 Å². The summed E-state index contributed by atoms with van der Waals surface area (Å²) in [6.45, 7) is 3.59. The van der Waals surface area contributed by atoms with Crippen molar-refractivity contribution in [2.75, 3.05) is 46.5 Å². The number of hydrogen-bond donors (Lipinski definition) is 2. The Morgan fingerprint density at radius 2 is 1.82 bits per heavy atom. The predicted octanol–water partition coefficient (Wildman–Crippen LogP) is 2.81. The van der Waals surface area contributed by atoms with E-state index in [-0.39, 0.29) is 16.9 Å². The van der Waals surface area contributed by atoms with Crippen molar-refractivity contribution >= 4 is 29.1 Å². The first-order valence-corrected chi connectivity index (χ1v) is 11.0. The quantitative estimate of drug-likeness (QED) is 0.379. The zero-order valence-electron chi connectivity index (χ0n) is 18.2. The lowest BCUT2D eigenvalue weighted by atomic mass is 9.95. The Bertz CT molecular complexity index is 1080. The van der Waals surface area contributed by atoms with Crippen LogP contribution in [-0.2, 0) is 14.3 Å². The molecule has 0 bridgehead atoms. The summed E-state index contributed by atoms with van der Waals surface area (Å²) in [5.41, 5.74) is 0.598. The molecule has 1 unspecified atom stereocenters. The molecule has 2 aliphatic heterocycles. The number of Topliss-reactive ketones (excluding diaryl/α,β-unsaturated/α-hetero) is 1. The molecule has 0 aromatic heterocycles. The van der Waals surface area contributed by atoms with Crippen LogP contribution in [0.4, 0.5) is 0 Å². The number of aliphatic hydroxyl groups is 1. The lowest BCUT2D eigenvalue weighted by Gasteiger charge is -2.31. The molecule has 1 atom stereocenters. The Morgan fingerprint density at radius 1 is 1.12 bits per heavy atom. The zero-order chi connectivity index (χ0) is 23.5. The molecule has 0 aliphatic carbocycles. The standard InChI is InChI=1S/C24H25ClN2O6/c1-32-17-6-7-18(19(28)14-17)22(29)20-21(15-2-4-16(25)5-3-15)27(24(31)23(20)30)9-8-26-10-12-33-13-11-26/h2-7,14,21,28-29H,8-13H2,1H3/b22-20+. The van der Waals surface area contributed by atoms with E-state index in [1.807, 2.05) is 0 Å². The molecule has 2 aromatic carbocycles. The van der Waals surface area contributed by atoms with Crippen LogP contribution in [0.1, 0.15) is 17.2 Å². The van der Waals surface area contributed by atoms with Crippen molar-refractivity contribution < 1.29 is 29.3 Å². The molecule has 0 spiro atoms. The Kier molecular flexibility index (Phi) is 6.88. The summed E-state index contributed by atoms with van der Waals surface area (Å²) in [7, 11) is 1.45. The number of phenolic OH excluding ortho intramolecular Hbond substituents is 1. The molecule has 4 rings (SSSR count). The van der Waals surface area contributed by atoms with E-state index in [2.05, 4.69) is 4.90 Å². The molecule has 2 aliphatic rings. The first-order chi connectivity index (χ1) is 15.9. The second kappa shape index (κ2) is 9.82. The number of ketones is 1. The summed E-state index contributed by atoms with van der Waals surface area (Å²) < 4.78 is 10.5. The van der Waals surface area contributed by atoms with Crippen LogP contribution in [0.2, 0.25) is 5.02 Å². The summed E-state index contributed by atoms with van der Waals surface area (Å²) in [5.74, 6) is -1.81. The molecule has 33 heavy (non-hydrogen) atoms. The van der Waals surface area contributed by atoms with Gasteiger partial charge in [-0.15, -0.1) is 0 Å². The van der Waals surface area contributed by atoms with Crippen LogP contribution in [0, 0.1) is 0 Å². The van der Waals surface area contributed by atoms with Gasteiger partial charge in [-0.25, -0.2) is 0 Å². The van der Waals surface area contributed by atoms with E-state index in [1.54, 1.807) is 30.3 Å². The third kappa shape index (κ3) is 4.68.